The minimum atomic E-state index is 0. The number of carbonyl (C=O) groups is 1. The summed E-state index contributed by atoms with van der Waals surface area (Å²) in [4.78, 5) is 13.8. The number of halogens is 1. The second-order valence-electron chi connectivity index (χ2n) is 6.68. The first-order valence-electron chi connectivity index (χ1n) is 8.63. The summed E-state index contributed by atoms with van der Waals surface area (Å²) in [6.07, 6.45) is 5.60. The number of ether oxygens (including phenoxy) is 1. The van der Waals surface area contributed by atoms with E-state index in [1.807, 2.05) is 11.8 Å². The van der Waals surface area contributed by atoms with Crippen LogP contribution in [-0.4, -0.2) is 61.8 Å². The minimum Gasteiger partial charge on any atom is -0.379 e. The summed E-state index contributed by atoms with van der Waals surface area (Å²) in [7, 11) is 0. The zero-order chi connectivity index (χ0) is 14.7. The molecular formula is C16H30ClN3O2. The molecule has 0 aromatic carbocycles. The maximum atomic E-state index is 11.8. The fourth-order valence-electron chi connectivity index (χ4n) is 4.19. The van der Waals surface area contributed by atoms with Gasteiger partial charge in [0.2, 0.25) is 5.91 Å². The average molecular weight is 332 g/mol. The van der Waals surface area contributed by atoms with Crippen molar-refractivity contribution in [1.82, 2.24) is 15.5 Å². The van der Waals surface area contributed by atoms with Gasteiger partial charge in [-0.1, -0.05) is 13.3 Å². The zero-order valence-corrected chi connectivity index (χ0v) is 14.4. The molecule has 4 atom stereocenters. The zero-order valence-electron chi connectivity index (χ0n) is 13.6. The highest BCUT2D eigenvalue weighted by atomic mass is 35.5. The van der Waals surface area contributed by atoms with Gasteiger partial charge in [-0.2, -0.15) is 0 Å². The van der Waals surface area contributed by atoms with Crippen molar-refractivity contribution < 1.29 is 9.53 Å². The third-order valence-corrected chi connectivity index (χ3v) is 5.33. The quantitative estimate of drug-likeness (QED) is 0.812. The first-order chi connectivity index (χ1) is 10.3. The second kappa shape index (κ2) is 8.48. The van der Waals surface area contributed by atoms with Gasteiger partial charge in [-0.3, -0.25) is 4.79 Å². The highest BCUT2D eigenvalue weighted by Gasteiger charge is 2.37. The maximum Gasteiger partial charge on any atom is 0.222 e. The Morgan fingerprint density at radius 3 is 2.95 bits per heavy atom. The highest BCUT2D eigenvalue weighted by Crippen LogP contribution is 2.30. The van der Waals surface area contributed by atoms with Gasteiger partial charge in [-0.25, -0.2) is 0 Å². The molecule has 0 aromatic rings. The van der Waals surface area contributed by atoms with E-state index in [1.54, 1.807) is 0 Å². The van der Waals surface area contributed by atoms with E-state index in [-0.39, 0.29) is 12.4 Å². The number of nitrogens with zero attached hydrogens (tertiary/aromatic N) is 1. The van der Waals surface area contributed by atoms with Crippen LogP contribution in [0.5, 0.6) is 0 Å². The minimum absolute atomic E-state index is 0. The first kappa shape index (κ1) is 18.0. The molecule has 4 unspecified atom stereocenters. The smallest absolute Gasteiger partial charge is 0.222 e. The summed E-state index contributed by atoms with van der Waals surface area (Å²) in [5, 5.41) is 7.47. The van der Waals surface area contributed by atoms with Crippen molar-refractivity contribution >= 4 is 18.3 Å². The maximum absolute atomic E-state index is 11.8. The Bertz CT molecular complexity index is 363. The normalized spacial score (nSPS) is 35.4. The number of morpholine rings is 1. The van der Waals surface area contributed by atoms with E-state index in [4.69, 9.17) is 4.74 Å². The van der Waals surface area contributed by atoms with E-state index in [0.29, 0.717) is 36.4 Å². The molecular weight excluding hydrogens is 302 g/mol. The molecule has 3 rings (SSSR count). The SMILES string of the molecule is CCC(=O)N1CCC(NC2CCCC2C2COCCN2)C1.Cl. The van der Waals surface area contributed by atoms with Crippen molar-refractivity contribution in [3.63, 3.8) is 0 Å². The first-order valence-corrected chi connectivity index (χ1v) is 8.63. The van der Waals surface area contributed by atoms with E-state index in [0.717, 1.165) is 39.3 Å². The van der Waals surface area contributed by atoms with Crippen LogP contribution in [0.3, 0.4) is 0 Å². The van der Waals surface area contributed by atoms with Gasteiger partial charge >= 0.3 is 0 Å². The van der Waals surface area contributed by atoms with Crippen molar-refractivity contribution in [2.24, 2.45) is 5.92 Å². The lowest BCUT2D eigenvalue weighted by atomic mass is 9.93. The molecule has 1 saturated carbocycles. The summed E-state index contributed by atoms with van der Waals surface area (Å²) in [6, 6.07) is 1.58. The summed E-state index contributed by atoms with van der Waals surface area (Å²) in [5.74, 6) is 0.978. The Morgan fingerprint density at radius 1 is 1.36 bits per heavy atom. The van der Waals surface area contributed by atoms with Crippen molar-refractivity contribution in [2.75, 3.05) is 32.8 Å². The molecule has 0 aromatic heterocycles. The predicted molar refractivity (Wildman–Crippen MR) is 89.4 cm³/mol. The molecule has 3 aliphatic rings. The fourth-order valence-corrected chi connectivity index (χ4v) is 4.19. The third kappa shape index (κ3) is 4.13. The van der Waals surface area contributed by atoms with Crippen LogP contribution in [0, 0.1) is 5.92 Å². The van der Waals surface area contributed by atoms with Gasteiger partial charge in [0, 0.05) is 44.2 Å². The van der Waals surface area contributed by atoms with E-state index >= 15 is 0 Å². The van der Waals surface area contributed by atoms with Crippen molar-refractivity contribution in [1.29, 1.82) is 0 Å². The summed E-state index contributed by atoms with van der Waals surface area (Å²) >= 11 is 0. The van der Waals surface area contributed by atoms with Crippen LogP contribution in [0.2, 0.25) is 0 Å². The largest absolute Gasteiger partial charge is 0.379 e. The van der Waals surface area contributed by atoms with E-state index in [1.165, 1.54) is 19.3 Å². The molecule has 1 aliphatic carbocycles. The molecule has 1 amide bonds. The molecule has 22 heavy (non-hydrogen) atoms. The number of carbonyl (C=O) groups excluding carboxylic acids is 1. The summed E-state index contributed by atoms with van der Waals surface area (Å²) < 4.78 is 5.63. The number of rotatable bonds is 4. The molecule has 2 aliphatic heterocycles. The summed E-state index contributed by atoms with van der Waals surface area (Å²) in [6.45, 7) is 6.45. The molecule has 3 fully saturated rings. The van der Waals surface area contributed by atoms with Crippen molar-refractivity contribution in [3.8, 4) is 0 Å². The van der Waals surface area contributed by atoms with E-state index in [2.05, 4.69) is 10.6 Å². The van der Waals surface area contributed by atoms with Crippen LogP contribution in [0.15, 0.2) is 0 Å². The van der Waals surface area contributed by atoms with Gasteiger partial charge in [0.1, 0.15) is 0 Å². The molecule has 6 heteroatoms. The predicted octanol–water partition coefficient (Wildman–Crippen LogP) is 1.17. The lowest BCUT2D eigenvalue weighted by Gasteiger charge is -2.34. The summed E-state index contributed by atoms with van der Waals surface area (Å²) in [5.41, 5.74) is 0. The number of amides is 1. The third-order valence-electron chi connectivity index (χ3n) is 5.33. The second-order valence-corrected chi connectivity index (χ2v) is 6.68. The molecule has 0 radical (unpaired) electrons. The van der Waals surface area contributed by atoms with Gasteiger partial charge < -0.3 is 20.3 Å². The highest BCUT2D eigenvalue weighted by molar-refractivity contribution is 5.85. The fraction of sp³-hybridized carbons (Fsp3) is 0.938. The Morgan fingerprint density at radius 2 is 2.23 bits per heavy atom. The topological polar surface area (TPSA) is 53.6 Å². The lowest BCUT2D eigenvalue weighted by Crippen LogP contribution is -2.52. The van der Waals surface area contributed by atoms with Gasteiger partial charge in [-0.15, -0.1) is 12.4 Å². The molecule has 5 nitrogen and oxygen atoms in total. The molecule has 2 N–H and O–H groups in total. The molecule has 2 saturated heterocycles. The van der Waals surface area contributed by atoms with Crippen LogP contribution in [0.1, 0.15) is 39.0 Å². The monoisotopic (exact) mass is 331 g/mol. The Hall–Kier alpha value is -0.360. The number of nitrogens with one attached hydrogen (secondary N) is 2. The Balaban J connectivity index is 0.00000176. The van der Waals surface area contributed by atoms with Gasteiger partial charge in [0.05, 0.1) is 13.2 Å². The Kier molecular flexibility index (Phi) is 6.93. The Labute approximate surface area is 139 Å². The number of hydrogen-bond acceptors (Lipinski definition) is 4. The molecule has 0 spiro atoms. The average Bonchev–Trinajstić information content (AvgIpc) is 3.17. The lowest BCUT2D eigenvalue weighted by molar-refractivity contribution is -0.129. The van der Waals surface area contributed by atoms with Crippen LogP contribution in [-0.2, 0) is 9.53 Å². The molecule has 128 valence electrons. The van der Waals surface area contributed by atoms with E-state index < -0.39 is 0 Å². The van der Waals surface area contributed by atoms with Gasteiger partial charge in [-0.05, 0) is 25.2 Å². The molecule has 2 heterocycles. The van der Waals surface area contributed by atoms with Crippen LogP contribution in [0.4, 0.5) is 0 Å². The van der Waals surface area contributed by atoms with E-state index in [9.17, 15) is 4.79 Å². The van der Waals surface area contributed by atoms with Crippen LogP contribution in [0.25, 0.3) is 0 Å². The standard InChI is InChI=1S/C16H29N3O2.ClH/c1-2-16(20)19-8-6-12(10-19)18-14-5-3-4-13(14)15-11-21-9-7-17-15;/h12-15,17-18H,2-11H2,1H3;1H. The number of likely N-dealkylation sites (tertiary alicyclic amines) is 1. The van der Waals surface area contributed by atoms with Crippen molar-refractivity contribution in [3.05, 3.63) is 0 Å². The molecule has 0 bridgehead atoms. The van der Waals surface area contributed by atoms with Crippen LogP contribution >= 0.6 is 12.4 Å². The van der Waals surface area contributed by atoms with Crippen LogP contribution < -0.4 is 10.6 Å². The van der Waals surface area contributed by atoms with Gasteiger partial charge in [0.15, 0.2) is 0 Å². The number of hydrogen-bond donors (Lipinski definition) is 2. The van der Waals surface area contributed by atoms with Gasteiger partial charge in [0.25, 0.3) is 0 Å². The van der Waals surface area contributed by atoms with Crippen molar-refractivity contribution in [2.45, 2.75) is 57.2 Å².